The number of carbonyl (C=O) groups excluding carboxylic acids is 1. The first-order valence-electron chi connectivity index (χ1n) is 8.39. The van der Waals surface area contributed by atoms with Gasteiger partial charge in [-0.15, -0.1) is 0 Å². The molecule has 2 aromatic rings. The molecule has 0 radical (unpaired) electrons. The van der Waals surface area contributed by atoms with Crippen molar-refractivity contribution in [1.29, 1.82) is 0 Å². The lowest BCUT2D eigenvalue weighted by Gasteiger charge is -2.34. The molecule has 1 saturated heterocycles. The van der Waals surface area contributed by atoms with Gasteiger partial charge >= 0.3 is 0 Å². The summed E-state index contributed by atoms with van der Waals surface area (Å²) in [7, 11) is -3.71. The molecule has 0 unspecified atom stereocenters. The second-order valence-corrected chi connectivity index (χ2v) is 9.24. The van der Waals surface area contributed by atoms with Crippen molar-refractivity contribution in [2.45, 2.75) is 4.90 Å². The number of hydrogen-bond acceptors (Lipinski definition) is 4. The fourth-order valence-electron chi connectivity index (χ4n) is 2.79. The minimum Gasteiger partial charge on any atom is -0.482 e. The molecule has 1 heterocycles. The number of piperazine rings is 1. The van der Waals surface area contributed by atoms with Crippen molar-refractivity contribution in [2.75, 3.05) is 32.8 Å². The second kappa shape index (κ2) is 8.88. The molecule has 0 aromatic heterocycles. The fourth-order valence-corrected chi connectivity index (χ4v) is 5.04. The van der Waals surface area contributed by atoms with Gasteiger partial charge in [0.05, 0.1) is 10.0 Å². The zero-order valence-electron chi connectivity index (χ0n) is 14.6. The molecule has 0 N–H and O–H groups in total. The van der Waals surface area contributed by atoms with Gasteiger partial charge in [0.2, 0.25) is 10.0 Å². The van der Waals surface area contributed by atoms with Crippen LogP contribution in [0.3, 0.4) is 0 Å². The third-order valence-corrected chi connectivity index (χ3v) is 7.24. The van der Waals surface area contributed by atoms with Crippen molar-refractivity contribution in [3.63, 3.8) is 0 Å². The largest absolute Gasteiger partial charge is 0.482 e. The number of nitrogens with zero attached hydrogens (tertiary/aromatic N) is 2. The Balaban J connectivity index is 1.58. The number of ether oxygens (including phenoxy) is 1. The van der Waals surface area contributed by atoms with Gasteiger partial charge in [-0.25, -0.2) is 8.42 Å². The number of halogens is 3. The third kappa shape index (κ3) is 4.72. The Kier molecular flexibility index (Phi) is 6.73. The van der Waals surface area contributed by atoms with Crippen molar-refractivity contribution < 1.29 is 17.9 Å². The normalized spacial score (nSPS) is 15.5. The summed E-state index contributed by atoms with van der Waals surface area (Å²) in [6, 6.07) is 11.0. The van der Waals surface area contributed by atoms with Gasteiger partial charge in [0.1, 0.15) is 10.6 Å². The monoisotopic (exact) mass is 462 g/mol. The van der Waals surface area contributed by atoms with E-state index in [9.17, 15) is 13.2 Å². The van der Waals surface area contributed by atoms with Crippen molar-refractivity contribution in [2.24, 2.45) is 0 Å². The number of rotatable bonds is 5. The van der Waals surface area contributed by atoms with E-state index in [-0.39, 0.29) is 48.6 Å². The lowest BCUT2D eigenvalue weighted by molar-refractivity contribution is -0.134. The van der Waals surface area contributed by atoms with Gasteiger partial charge in [0, 0.05) is 37.3 Å². The van der Waals surface area contributed by atoms with Crippen LogP contribution in [0.15, 0.2) is 47.4 Å². The molecule has 28 heavy (non-hydrogen) atoms. The molecule has 0 bridgehead atoms. The number of carbonyl (C=O) groups is 1. The molecule has 1 aliphatic heterocycles. The maximum absolute atomic E-state index is 12.8. The highest BCUT2D eigenvalue weighted by Crippen LogP contribution is 2.28. The fraction of sp³-hybridized carbons (Fsp3) is 0.278. The average molecular weight is 464 g/mol. The van der Waals surface area contributed by atoms with Crippen LogP contribution in [0, 0.1) is 0 Å². The molecule has 1 aliphatic rings. The molecule has 0 saturated carbocycles. The van der Waals surface area contributed by atoms with Crippen LogP contribution in [-0.2, 0) is 14.8 Å². The van der Waals surface area contributed by atoms with Crippen molar-refractivity contribution in [3.05, 3.63) is 57.5 Å². The van der Waals surface area contributed by atoms with Gasteiger partial charge in [-0.05, 0) is 24.3 Å². The lowest BCUT2D eigenvalue weighted by Crippen LogP contribution is -2.51. The number of benzene rings is 2. The van der Waals surface area contributed by atoms with E-state index in [1.54, 1.807) is 29.2 Å². The molecular weight excluding hydrogens is 447 g/mol. The lowest BCUT2D eigenvalue weighted by atomic mass is 10.3. The molecule has 3 rings (SSSR count). The Morgan fingerprint density at radius 2 is 1.64 bits per heavy atom. The molecular formula is C18H17Cl3N2O4S. The van der Waals surface area contributed by atoms with Gasteiger partial charge in [-0.1, -0.05) is 46.9 Å². The highest BCUT2D eigenvalue weighted by atomic mass is 35.5. The number of hydrogen-bond donors (Lipinski definition) is 0. The summed E-state index contributed by atoms with van der Waals surface area (Å²) < 4.78 is 32.3. The van der Waals surface area contributed by atoms with Crippen molar-refractivity contribution in [1.82, 2.24) is 9.21 Å². The quantitative estimate of drug-likeness (QED) is 0.680. The molecule has 2 aromatic carbocycles. The maximum atomic E-state index is 12.8. The van der Waals surface area contributed by atoms with E-state index in [4.69, 9.17) is 39.5 Å². The first kappa shape index (κ1) is 21.2. The summed E-state index contributed by atoms with van der Waals surface area (Å²) in [6.07, 6.45) is 0. The van der Waals surface area contributed by atoms with E-state index in [0.29, 0.717) is 15.8 Å². The standard InChI is InChI=1S/C18H17Cl3N2O4S/c19-13-5-6-14(20)16(11-13)27-12-18(24)22-7-9-23(10-8-22)28(25,26)17-4-2-1-3-15(17)21/h1-6,11H,7-10,12H2. The summed E-state index contributed by atoms with van der Waals surface area (Å²) in [5.74, 6) is 0.0632. The zero-order chi connectivity index (χ0) is 20.3. The average Bonchev–Trinajstić information content (AvgIpc) is 2.68. The highest BCUT2D eigenvalue weighted by Gasteiger charge is 2.31. The van der Waals surface area contributed by atoms with E-state index in [1.807, 2.05) is 0 Å². The van der Waals surface area contributed by atoms with E-state index in [1.165, 1.54) is 22.5 Å². The van der Waals surface area contributed by atoms with Crippen LogP contribution < -0.4 is 4.74 Å². The Hall–Kier alpha value is -1.51. The zero-order valence-corrected chi connectivity index (χ0v) is 17.7. The van der Waals surface area contributed by atoms with Gasteiger partial charge < -0.3 is 9.64 Å². The van der Waals surface area contributed by atoms with Gasteiger partial charge in [0.15, 0.2) is 6.61 Å². The minimum absolute atomic E-state index is 0.0652. The van der Waals surface area contributed by atoms with Crippen LogP contribution in [-0.4, -0.2) is 56.3 Å². The molecule has 0 atom stereocenters. The molecule has 10 heteroatoms. The summed E-state index contributed by atoms with van der Waals surface area (Å²) in [4.78, 5) is 14.0. The Labute approximate surface area is 178 Å². The minimum atomic E-state index is -3.71. The first-order chi connectivity index (χ1) is 13.3. The predicted molar refractivity (Wildman–Crippen MR) is 109 cm³/mol. The third-order valence-electron chi connectivity index (χ3n) is 4.29. The second-order valence-electron chi connectivity index (χ2n) is 6.08. The summed E-state index contributed by atoms with van der Waals surface area (Å²) >= 11 is 17.9. The summed E-state index contributed by atoms with van der Waals surface area (Å²) in [6.45, 7) is 0.663. The topological polar surface area (TPSA) is 66.9 Å². The smallest absolute Gasteiger partial charge is 0.260 e. The van der Waals surface area contributed by atoms with E-state index in [0.717, 1.165) is 0 Å². The summed E-state index contributed by atoms with van der Waals surface area (Å²) in [5.41, 5.74) is 0. The van der Waals surface area contributed by atoms with E-state index >= 15 is 0 Å². The summed E-state index contributed by atoms with van der Waals surface area (Å²) in [5, 5.41) is 0.978. The number of sulfonamides is 1. The van der Waals surface area contributed by atoms with Gasteiger partial charge in [-0.2, -0.15) is 4.31 Å². The Morgan fingerprint density at radius 3 is 2.32 bits per heavy atom. The van der Waals surface area contributed by atoms with Crippen LogP contribution in [0.2, 0.25) is 15.1 Å². The molecule has 1 fully saturated rings. The van der Waals surface area contributed by atoms with Crippen LogP contribution >= 0.6 is 34.8 Å². The van der Waals surface area contributed by atoms with Crippen LogP contribution in [0.4, 0.5) is 0 Å². The van der Waals surface area contributed by atoms with Crippen LogP contribution in [0.1, 0.15) is 0 Å². The van der Waals surface area contributed by atoms with Gasteiger partial charge in [-0.3, -0.25) is 4.79 Å². The Morgan fingerprint density at radius 1 is 0.964 bits per heavy atom. The van der Waals surface area contributed by atoms with Crippen LogP contribution in [0.5, 0.6) is 5.75 Å². The van der Waals surface area contributed by atoms with Gasteiger partial charge in [0.25, 0.3) is 5.91 Å². The number of amides is 1. The maximum Gasteiger partial charge on any atom is 0.260 e. The van der Waals surface area contributed by atoms with Crippen LogP contribution in [0.25, 0.3) is 0 Å². The molecule has 6 nitrogen and oxygen atoms in total. The van der Waals surface area contributed by atoms with E-state index in [2.05, 4.69) is 0 Å². The molecule has 150 valence electrons. The molecule has 0 aliphatic carbocycles. The molecule has 1 amide bonds. The highest BCUT2D eigenvalue weighted by molar-refractivity contribution is 7.89. The predicted octanol–water partition coefficient (Wildman–Crippen LogP) is 3.56. The molecule has 0 spiro atoms. The van der Waals surface area contributed by atoms with E-state index < -0.39 is 10.0 Å². The van der Waals surface area contributed by atoms with Crippen molar-refractivity contribution in [3.8, 4) is 5.75 Å². The first-order valence-corrected chi connectivity index (χ1v) is 11.0. The SMILES string of the molecule is O=C(COc1cc(Cl)ccc1Cl)N1CCN(S(=O)(=O)c2ccccc2Cl)CC1. The Bertz CT molecular complexity index is 977. The van der Waals surface area contributed by atoms with Crippen molar-refractivity contribution >= 4 is 50.7 Å².